The number of thiophene rings is 1. The highest BCUT2D eigenvalue weighted by Gasteiger charge is 2.11. The van der Waals surface area contributed by atoms with Crippen molar-refractivity contribution in [2.24, 2.45) is 0 Å². The Labute approximate surface area is 98.1 Å². The third-order valence-electron chi connectivity index (χ3n) is 1.77. The van der Waals surface area contributed by atoms with E-state index in [2.05, 4.69) is 0 Å². The lowest BCUT2D eigenvalue weighted by Gasteiger charge is -2.05. The van der Waals surface area contributed by atoms with E-state index >= 15 is 0 Å². The van der Waals surface area contributed by atoms with Gasteiger partial charge in [-0.2, -0.15) is 0 Å². The summed E-state index contributed by atoms with van der Waals surface area (Å²) in [7, 11) is 1.60. The average Bonchev–Trinajstić information content (AvgIpc) is 2.69. The second-order valence-corrected chi connectivity index (χ2v) is 3.86. The topological polar surface area (TPSA) is 70.8 Å². The summed E-state index contributed by atoms with van der Waals surface area (Å²) in [6, 6.07) is 1.68. The van der Waals surface area contributed by atoms with Gasteiger partial charge in [-0.25, -0.2) is 4.79 Å². The lowest BCUT2D eigenvalue weighted by Crippen LogP contribution is -2.12. The summed E-state index contributed by atoms with van der Waals surface area (Å²) >= 11 is 1.27. The van der Waals surface area contributed by atoms with Crippen LogP contribution in [0.4, 0.5) is 5.69 Å². The highest BCUT2D eigenvalue weighted by molar-refractivity contribution is 7.12. The van der Waals surface area contributed by atoms with Gasteiger partial charge in [0.05, 0.1) is 25.5 Å². The largest absolute Gasteiger partial charge is 0.459 e. The van der Waals surface area contributed by atoms with Crippen LogP contribution in [0.25, 0.3) is 0 Å². The molecule has 90 valence electrons. The number of carbonyl (C=O) groups is 1. The molecule has 0 radical (unpaired) electrons. The SMILES string of the molecule is COCCOCCOC(=O)c1sccc1N. The molecule has 1 rings (SSSR count). The quantitative estimate of drug-likeness (QED) is 0.576. The van der Waals surface area contributed by atoms with E-state index < -0.39 is 5.97 Å². The molecule has 0 aliphatic carbocycles. The molecule has 0 unspecified atom stereocenters. The summed E-state index contributed by atoms with van der Waals surface area (Å²) in [6.07, 6.45) is 0. The van der Waals surface area contributed by atoms with Gasteiger partial charge in [0.15, 0.2) is 0 Å². The summed E-state index contributed by atoms with van der Waals surface area (Å²) in [4.78, 5) is 11.9. The summed E-state index contributed by atoms with van der Waals surface area (Å²) in [5, 5.41) is 1.75. The Morgan fingerprint density at radius 1 is 1.38 bits per heavy atom. The molecule has 0 aliphatic heterocycles. The molecular weight excluding hydrogens is 230 g/mol. The molecule has 0 saturated heterocycles. The molecule has 0 bridgehead atoms. The minimum Gasteiger partial charge on any atom is -0.459 e. The van der Waals surface area contributed by atoms with Gasteiger partial charge in [-0.3, -0.25) is 0 Å². The van der Waals surface area contributed by atoms with Crippen molar-refractivity contribution < 1.29 is 19.0 Å². The predicted molar refractivity (Wildman–Crippen MR) is 61.7 cm³/mol. The van der Waals surface area contributed by atoms with Crippen molar-refractivity contribution >= 4 is 23.0 Å². The number of nitrogens with two attached hydrogens (primary N) is 1. The number of methoxy groups -OCH3 is 1. The summed E-state index contributed by atoms with van der Waals surface area (Å²) in [5.41, 5.74) is 6.03. The number of anilines is 1. The minimum atomic E-state index is -0.400. The fourth-order valence-electron chi connectivity index (χ4n) is 0.988. The highest BCUT2D eigenvalue weighted by Crippen LogP contribution is 2.19. The lowest BCUT2D eigenvalue weighted by atomic mass is 10.4. The second kappa shape index (κ2) is 7.21. The van der Waals surface area contributed by atoms with Gasteiger partial charge in [0.1, 0.15) is 11.5 Å². The van der Waals surface area contributed by atoms with Crippen LogP contribution in [-0.4, -0.2) is 39.5 Å². The maximum absolute atomic E-state index is 11.4. The average molecular weight is 245 g/mol. The van der Waals surface area contributed by atoms with Crippen molar-refractivity contribution in [3.63, 3.8) is 0 Å². The molecule has 0 aliphatic rings. The van der Waals surface area contributed by atoms with E-state index in [4.69, 9.17) is 19.9 Å². The van der Waals surface area contributed by atoms with Gasteiger partial charge < -0.3 is 19.9 Å². The van der Waals surface area contributed by atoms with Gasteiger partial charge in [0, 0.05) is 7.11 Å². The zero-order valence-electron chi connectivity index (χ0n) is 9.10. The molecule has 0 atom stereocenters. The van der Waals surface area contributed by atoms with Gasteiger partial charge in [0.25, 0.3) is 0 Å². The first kappa shape index (κ1) is 13.0. The molecule has 0 amide bonds. The molecule has 1 aromatic rings. The van der Waals surface area contributed by atoms with Gasteiger partial charge in [-0.15, -0.1) is 11.3 Å². The monoisotopic (exact) mass is 245 g/mol. The Morgan fingerprint density at radius 2 is 2.12 bits per heavy atom. The first-order chi connectivity index (χ1) is 7.75. The van der Waals surface area contributed by atoms with Gasteiger partial charge in [-0.05, 0) is 11.4 Å². The van der Waals surface area contributed by atoms with Crippen LogP contribution in [0.5, 0.6) is 0 Å². The first-order valence-corrected chi connectivity index (χ1v) is 5.70. The van der Waals surface area contributed by atoms with Crippen LogP contribution in [0.3, 0.4) is 0 Å². The molecular formula is C10H15NO4S. The fraction of sp³-hybridized carbons (Fsp3) is 0.500. The van der Waals surface area contributed by atoms with E-state index in [9.17, 15) is 4.79 Å². The highest BCUT2D eigenvalue weighted by atomic mass is 32.1. The predicted octanol–water partition coefficient (Wildman–Crippen LogP) is 1.15. The van der Waals surface area contributed by atoms with Gasteiger partial charge >= 0.3 is 5.97 Å². The number of carbonyl (C=O) groups excluding carboxylic acids is 1. The van der Waals surface area contributed by atoms with Crippen LogP contribution < -0.4 is 5.73 Å². The molecule has 1 heterocycles. The standard InChI is InChI=1S/C10H15NO4S/c1-13-3-4-14-5-6-15-10(12)9-8(11)2-7-16-9/h2,7H,3-6,11H2,1H3. The van der Waals surface area contributed by atoms with E-state index in [-0.39, 0.29) is 6.61 Å². The number of hydrogen-bond acceptors (Lipinski definition) is 6. The van der Waals surface area contributed by atoms with Gasteiger partial charge in [-0.1, -0.05) is 0 Å². The molecule has 5 nitrogen and oxygen atoms in total. The molecule has 6 heteroatoms. The van der Waals surface area contributed by atoms with Crippen molar-refractivity contribution in [1.82, 2.24) is 0 Å². The Kier molecular flexibility index (Phi) is 5.84. The first-order valence-electron chi connectivity index (χ1n) is 4.82. The van der Waals surface area contributed by atoms with E-state index in [1.807, 2.05) is 0 Å². The lowest BCUT2D eigenvalue weighted by molar-refractivity contribution is 0.0218. The molecule has 2 N–H and O–H groups in total. The third-order valence-corrected chi connectivity index (χ3v) is 2.68. The zero-order chi connectivity index (χ0) is 11.8. The van der Waals surface area contributed by atoms with Crippen LogP contribution in [0.1, 0.15) is 9.67 Å². The van der Waals surface area contributed by atoms with Crippen LogP contribution in [0.2, 0.25) is 0 Å². The Hall–Kier alpha value is -1.11. The number of nitrogen functional groups attached to an aromatic ring is 1. The van der Waals surface area contributed by atoms with Crippen molar-refractivity contribution in [1.29, 1.82) is 0 Å². The van der Waals surface area contributed by atoms with E-state index in [0.29, 0.717) is 30.4 Å². The van der Waals surface area contributed by atoms with E-state index in [1.54, 1.807) is 18.6 Å². The summed E-state index contributed by atoms with van der Waals surface area (Å²) in [5.74, 6) is -0.400. The van der Waals surface area contributed by atoms with Crippen molar-refractivity contribution in [2.75, 3.05) is 39.3 Å². The summed E-state index contributed by atoms with van der Waals surface area (Å²) < 4.78 is 14.9. The van der Waals surface area contributed by atoms with Crippen LogP contribution >= 0.6 is 11.3 Å². The molecule has 1 aromatic heterocycles. The molecule has 0 fully saturated rings. The Morgan fingerprint density at radius 3 is 2.75 bits per heavy atom. The Balaban J connectivity index is 2.14. The molecule has 0 spiro atoms. The van der Waals surface area contributed by atoms with Crippen molar-refractivity contribution in [3.8, 4) is 0 Å². The number of esters is 1. The molecule has 16 heavy (non-hydrogen) atoms. The molecule has 0 aromatic carbocycles. The third kappa shape index (κ3) is 4.18. The number of ether oxygens (including phenoxy) is 3. The molecule has 0 saturated carbocycles. The maximum Gasteiger partial charge on any atom is 0.350 e. The van der Waals surface area contributed by atoms with E-state index in [1.165, 1.54) is 11.3 Å². The summed E-state index contributed by atoms with van der Waals surface area (Å²) in [6.45, 7) is 1.61. The number of rotatable bonds is 7. The van der Waals surface area contributed by atoms with Crippen LogP contribution in [0.15, 0.2) is 11.4 Å². The normalized spacial score (nSPS) is 10.3. The smallest absolute Gasteiger partial charge is 0.350 e. The zero-order valence-corrected chi connectivity index (χ0v) is 9.92. The second-order valence-electron chi connectivity index (χ2n) is 2.95. The van der Waals surface area contributed by atoms with E-state index in [0.717, 1.165) is 0 Å². The Bertz CT molecular complexity index is 326. The van der Waals surface area contributed by atoms with Crippen LogP contribution in [0, 0.1) is 0 Å². The fourth-order valence-corrected chi connectivity index (χ4v) is 1.70. The maximum atomic E-state index is 11.4. The van der Waals surface area contributed by atoms with Crippen molar-refractivity contribution in [2.45, 2.75) is 0 Å². The minimum absolute atomic E-state index is 0.222. The number of hydrogen-bond donors (Lipinski definition) is 1. The van der Waals surface area contributed by atoms with Crippen LogP contribution in [-0.2, 0) is 14.2 Å². The van der Waals surface area contributed by atoms with Gasteiger partial charge in [0.2, 0.25) is 0 Å². The van der Waals surface area contributed by atoms with Crippen molar-refractivity contribution in [3.05, 3.63) is 16.3 Å².